The number of nitrogens with zero attached hydrogens (tertiary/aromatic N) is 3. The van der Waals surface area contributed by atoms with Crippen LogP contribution in [0, 0.1) is 0 Å². The van der Waals surface area contributed by atoms with E-state index in [1.54, 1.807) is 12.3 Å². The fourth-order valence-corrected chi connectivity index (χ4v) is 1.33. The van der Waals surface area contributed by atoms with E-state index in [-0.39, 0.29) is 6.04 Å². The van der Waals surface area contributed by atoms with Gasteiger partial charge in [0.2, 0.25) is 0 Å². The summed E-state index contributed by atoms with van der Waals surface area (Å²) >= 11 is 0. The Kier molecular flexibility index (Phi) is 5.14. The molecule has 0 unspecified atom stereocenters. The molecule has 0 saturated carbocycles. The van der Waals surface area contributed by atoms with Gasteiger partial charge >= 0.3 is 0 Å². The molecule has 1 atom stereocenters. The molecule has 0 spiro atoms. The van der Waals surface area contributed by atoms with Crippen LogP contribution >= 0.6 is 0 Å². The lowest BCUT2D eigenvalue weighted by molar-refractivity contribution is 0.109. The van der Waals surface area contributed by atoms with Crippen molar-refractivity contribution in [2.75, 3.05) is 32.5 Å². The summed E-state index contributed by atoms with van der Waals surface area (Å²) in [6, 6.07) is 1.83. The van der Waals surface area contributed by atoms with Crippen molar-refractivity contribution < 1.29 is 4.74 Å². The molecule has 0 aliphatic rings. The number of nitrogen functional groups attached to an aromatic ring is 1. The van der Waals surface area contributed by atoms with Gasteiger partial charge in [0, 0.05) is 19.3 Å². The molecule has 1 aromatic heterocycles. The minimum absolute atomic E-state index is 0.143. The molecular weight excluding hydrogens is 204 g/mol. The predicted molar refractivity (Wildman–Crippen MR) is 64.0 cm³/mol. The lowest BCUT2D eigenvalue weighted by Gasteiger charge is -2.23. The topological polar surface area (TPSA) is 64.3 Å². The zero-order valence-corrected chi connectivity index (χ0v) is 10.2. The standard InChI is InChI=1S/C11H20N4O/c1-4-16-8-7-15(3)9(2)11-13-6-5-10(12)14-11/h5-6,9H,4,7-8H2,1-3H3,(H2,12,13,14)/t9-/m0/s1. The second kappa shape index (κ2) is 6.40. The van der Waals surface area contributed by atoms with Crippen LogP contribution < -0.4 is 5.73 Å². The SMILES string of the molecule is CCOCCN(C)[C@@H](C)c1nccc(N)n1. The summed E-state index contributed by atoms with van der Waals surface area (Å²) in [4.78, 5) is 10.6. The maximum atomic E-state index is 5.62. The molecule has 0 aromatic carbocycles. The molecule has 2 N–H and O–H groups in total. The normalized spacial score (nSPS) is 13.0. The summed E-state index contributed by atoms with van der Waals surface area (Å²) in [5, 5.41) is 0. The van der Waals surface area contributed by atoms with E-state index >= 15 is 0 Å². The molecule has 0 aliphatic carbocycles. The fraction of sp³-hybridized carbons (Fsp3) is 0.636. The zero-order valence-electron chi connectivity index (χ0n) is 10.2. The van der Waals surface area contributed by atoms with E-state index in [1.807, 2.05) is 14.0 Å². The predicted octanol–water partition coefficient (Wildman–Crippen LogP) is 1.09. The lowest BCUT2D eigenvalue weighted by Crippen LogP contribution is -2.27. The first-order valence-corrected chi connectivity index (χ1v) is 5.51. The first-order chi connectivity index (χ1) is 7.65. The van der Waals surface area contributed by atoms with Gasteiger partial charge in [0.25, 0.3) is 0 Å². The molecule has 90 valence electrons. The summed E-state index contributed by atoms with van der Waals surface area (Å²) < 4.78 is 5.31. The molecule has 0 fully saturated rings. The van der Waals surface area contributed by atoms with Crippen LogP contribution in [-0.4, -0.2) is 41.7 Å². The molecule has 0 saturated heterocycles. The first-order valence-electron chi connectivity index (χ1n) is 5.51. The molecular formula is C11H20N4O. The molecule has 1 heterocycles. The van der Waals surface area contributed by atoms with Crippen LogP contribution in [0.3, 0.4) is 0 Å². The van der Waals surface area contributed by atoms with Crippen LogP contribution in [-0.2, 0) is 4.74 Å². The molecule has 0 bridgehead atoms. The molecule has 0 radical (unpaired) electrons. The highest BCUT2D eigenvalue weighted by Gasteiger charge is 2.13. The third-order valence-corrected chi connectivity index (χ3v) is 2.52. The summed E-state index contributed by atoms with van der Waals surface area (Å²) in [6.45, 7) is 6.37. The van der Waals surface area contributed by atoms with Gasteiger partial charge in [-0.25, -0.2) is 9.97 Å². The molecule has 1 aromatic rings. The summed E-state index contributed by atoms with van der Waals surface area (Å²) in [5.41, 5.74) is 5.62. The maximum absolute atomic E-state index is 5.62. The molecule has 0 amide bonds. The summed E-state index contributed by atoms with van der Waals surface area (Å²) in [5.74, 6) is 1.26. The van der Waals surface area contributed by atoms with Crippen LogP contribution in [0.5, 0.6) is 0 Å². The van der Waals surface area contributed by atoms with Gasteiger partial charge in [0.15, 0.2) is 0 Å². The van der Waals surface area contributed by atoms with E-state index < -0.39 is 0 Å². The molecule has 1 rings (SSSR count). The average Bonchev–Trinajstić information content (AvgIpc) is 2.28. The Balaban J connectivity index is 2.52. The number of ether oxygens (including phenoxy) is 1. The average molecular weight is 224 g/mol. The second-order valence-electron chi connectivity index (χ2n) is 3.69. The van der Waals surface area contributed by atoms with Crippen LogP contribution in [0.1, 0.15) is 25.7 Å². The van der Waals surface area contributed by atoms with Gasteiger partial charge in [0.1, 0.15) is 11.6 Å². The van der Waals surface area contributed by atoms with Gasteiger partial charge < -0.3 is 10.5 Å². The van der Waals surface area contributed by atoms with Crippen molar-refractivity contribution in [2.45, 2.75) is 19.9 Å². The first kappa shape index (κ1) is 12.9. The van der Waals surface area contributed by atoms with Crippen molar-refractivity contribution in [1.82, 2.24) is 14.9 Å². The number of anilines is 1. The largest absolute Gasteiger partial charge is 0.384 e. The number of likely N-dealkylation sites (N-methyl/N-ethyl adjacent to an activating group) is 1. The number of aromatic nitrogens is 2. The maximum Gasteiger partial charge on any atom is 0.147 e. The Morgan fingerprint density at radius 2 is 2.31 bits per heavy atom. The van der Waals surface area contributed by atoms with Gasteiger partial charge in [-0.1, -0.05) is 0 Å². The number of hydrogen-bond acceptors (Lipinski definition) is 5. The van der Waals surface area contributed by atoms with Crippen molar-refractivity contribution >= 4 is 5.82 Å². The van der Waals surface area contributed by atoms with Crippen molar-refractivity contribution in [1.29, 1.82) is 0 Å². The Morgan fingerprint density at radius 1 is 1.56 bits per heavy atom. The number of nitrogens with two attached hydrogens (primary N) is 1. The Morgan fingerprint density at radius 3 is 2.94 bits per heavy atom. The fourth-order valence-electron chi connectivity index (χ4n) is 1.33. The lowest BCUT2D eigenvalue weighted by atomic mass is 10.2. The highest BCUT2D eigenvalue weighted by Crippen LogP contribution is 2.14. The van der Waals surface area contributed by atoms with Crippen LogP contribution in [0.2, 0.25) is 0 Å². The Hall–Kier alpha value is -1.20. The van der Waals surface area contributed by atoms with Gasteiger partial charge in [-0.3, -0.25) is 4.90 Å². The third kappa shape index (κ3) is 3.75. The highest BCUT2D eigenvalue weighted by atomic mass is 16.5. The van der Waals surface area contributed by atoms with Crippen LogP contribution in [0.25, 0.3) is 0 Å². The molecule has 0 aliphatic heterocycles. The zero-order chi connectivity index (χ0) is 12.0. The monoisotopic (exact) mass is 224 g/mol. The van der Waals surface area contributed by atoms with E-state index in [2.05, 4.69) is 21.8 Å². The smallest absolute Gasteiger partial charge is 0.147 e. The minimum Gasteiger partial charge on any atom is -0.384 e. The van der Waals surface area contributed by atoms with Crippen molar-refractivity contribution in [2.24, 2.45) is 0 Å². The van der Waals surface area contributed by atoms with Gasteiger partial charge in [-0.05, 0) is 27.0 Å². The third-order valence-electron chi connectivity index (χ3n) is 2.52. The van der Waals surface area contributed by atoms with E-state index in [1.165, 1.54) is 0 Å². The van der Waals surface area contributed by atoms with E-state index in [4.69, 9.17) is 10.5 Å². The van der Waals surface area contributed by atoms with Crippen molar-refractivity contribution in [3.63, 3.8) is 0 Å². The number of rotatable bonds is 6. The van der Waals surface area contributed by atoms with Gasteiger partial charge in [-0.15, -0.1) is 0 Å². The molecule has 16 heavy (non-hydrogen) atoms. The quantitative estimate of drug-likeness (QED) is 0.733. The summed E-state index contributed by atoms with van der Waals surface area (Å²) in [7, 11) is 2.02. The highest BCUT2D eigenvalue weighted by molar-refractivity contribution is 5.25. The molecule has 5 heteroatoms. The van der Waals surface area contributed by atoms with Crippen molar-refractivity contribution in [3.8, 4) is 0 Å². The van der Waals surface area contributed by atoms with E-state index in [0.29, 0.717) is 5.82 Å². The number of hydrogen-bond donors (Lipinski definition) is 1. The van der Waals surface area contributed by atoms with E-state index in [9.17, 15) is 0 Å². The second-order valence-corrected chi connectivity index (χ2v) is 3.69. The van der Waals surface area contributed by atoms with Crippen LogP contribution in [0.15, 0.2) is 12.3 Å². The van der Waals surface area contributed by atoms with Crippen molar-refractivity contribution in [3.05, 3.63) is 18.1 Å². The summed E-state index contributed by atoms with van der Waals surface area (Å²) in [6.07, 6.45) is 1.69. The van der Waals surface area contributed by atoms with Gasteiger partial charge in [0.05, 0.1) is 12.6 Å². The molecule has 5 nitrogen and oxygen atoms in total. The van der Waals surface area contributed by atoms with E-state index in [0.717, 1.165) is 25.6 Å². The Labute approximate surface area is 96.6 Å². The Bertz CT molecular complexity index is 319. The minimum atomic E-state index is 0.143. The van der Waals surface area contributed by atoms with Gasteiger partial charge in [-0.2, -0.15) is 0 Å². The van der Waals surface area contributed by atoms with Crippen LogP contribution in [0.4, 0.5) is 5.82 Å².